The number of hydrogen-bond donors (Lipinski definition) is 1. The first-order chi connectivity index (χ1) is 15.7. The molecule has 5 heteroatoms. The van der Waals surface area contributed by atoms with Gasteiger partial charge in [-0.3, -0.25) is 0 Å². The van der Waals surface area contributed by atoms with Crippen LogP contribution >= 0.6 is 15.9 Å². The summed E-state index contributed by atoms with van der Waals surface area (Å²) in [7, 11) is 0. The molecule has 2 amide bonds. The molecule has 32 heavy (non-hydrogen) atoms. The Labute approximate surface area is 196 Å². The Bertz CT molecular complexity index is 1260. The molecule has 0 radical (unpaired) electrons. The van der Waals surface area contributed by atoms with E-state index < -0.39 is 0 Å². The molecule has 1 aromatic heterocycles. The third-order valence-electron chi connectivity index (χ3n) is 6.04. The lowest BCUT2D eigenvalue weighted by Gasteiger charge is -2.31. The summed E-state index contributed by atoms with van der Waals surface area (Å²) in [6.45, 7) is 2.66. The number of nitrogens with one attached hydrogen (secondary N) is 1. The minimum atomic E-state index is -0.217. The average Bonchev–Trinajstić information content (AvgIpc) is 3.25. The van der Waals surface area contributed by atoms with E-state index in [-0.39, 0.29) is 12.1 Å². The van der Waals surface area contributed by atoms with E-state index in [0.29, 0.717) is 6.54 Å². The molecule has 0 bridgehead atoms. The fraction of sp³-hybridized carbons (Fsp3) is 0.148. The molecule has 160 valence electrons. The Morgan fingerprint density at radius 2 is 1.72 bits per heavy atom. The van der Waals surface area contributed by atoms with Crippen LogP contribution in [0.25, 0.3) is 5.69 Å². The van der Waals surface area contributed by atoms with E-state index in [4.69, 9.17) is 0 Å². The van der Waals surface area contributed by atoms with Crippen molar-refractivity contribution in [3.05, 3.63) is 118 Å². The normalized spacial score (nSPS) is 14.9. The molecule has 0 saturated carbocycles. The van der Waals surface area contributed by atoms with Crippen LogP contribution in [0.4, 0.5) is 10.5 Å². The standard InChI is InChI=1S/C27H24BrN3O/c1-2-19-13-15-20(16-14-19)26-25-12-7-17-30(25)24-11-6-3-8-21(24)18-31(26)27(32)29-23-10-5-4-9-22(23)28/h3-17,26H,2,18H2,1H3,(H,29,32)/t26-/m1/s1. The Hall–Kier alpha value is -3.31. The molecule has 1 N–H and O–H groups in total. The maximum Gasteiger partial charge on any atom is 0.323 e. The number of halogens is 1. The molecule has 1 aliphatic heterocycles. The maximum atomic E-state index is 13.7. The fourth-order valence-electron chi connectivity index (χ4n) is 4.38. The second-order valence-corrected chi connectivity index (χ2v) is 8.82. The first-order valence-electron chi connectivity index (χ1n) is 10.8. The average molecular weight is 486 g/mol. The molecule has 1 atom stereocenters. The summed E-state index contributed by atoms with van der Waals surface area (Å²) in [4.78, 5) is 15.6. The second-order valence-electron chi connectivity index (χ2n) is 7.97. The van der Waals surface area contributed by atoms with Crippen LogP contribution in [0.5, 0.6) is 0 Å². The van der Waals surface area contributed by atoms with Crippen molar-refractivity contribution in [1.29, 1.82) is 0 Å². The molecule has 0 saturated heterocycles. The molecule has 0 aliphatic carbocycles. The van der Waals surface area contributed by atoms with Gasteiger partial charge in [-0.15, -0.1) is 0 Å². The first kappa shape index (κ1) is 20.6. The van der Waals surface area contributed by atoms with Crippen molar-refractivity contribution < 1.29 is 4.79 Å². The van der Waals surface area contributed by atoms with E-state index in [9.17, 15) is 4.79 Å². The lowest BCUT2D eigenvalue weighted by molar-refractivity contribution is 0.194. The van der Waals surface area contributed by atoms with Gasteiger partial charge in [-0.05, 0) is 69.4 Å². The Morgan fingerprint density at radius 1 is 0.969 bits per heavy atom. The summed E-state index contributed by atoms with van der Waals surface area (Å²) in [6, 6.07) is 28.4. The third kappa shape index (κ3) is 3.73. The zero-order valence-electron chi connectivity index (χ0n) is 17.8. The van der Waals surface area contributed by atoms with Gasteiger partial charge in [0.2, 0.25) is 0 Å². The highest BCUT2D eigenvalue weighted by Crippen LogP contribution is 2.37. The van der Waals surface area contributed by atoms with E-state index in [1.54, 1.807) is 0 Å². The molecule has 0 unspecified atom stereocenters. The Morgan fingerprint density at radius 3 is 2.50 bits per heavy atom. The number of benzene rings is 3. The first-order valence-corrected chi connectivity index (χ1v) is 11.6. The molecule has 4 aromatic rings. The summed E-state index contributed by atoms with van der Waals surface area (Å²) in [5, 5.41) is 3.11. The van der Waals surface area contributed by atoms with E-state index in [2.05, 4.69) is 87.5 Å². The highest BCUT2D eigenvalue weighted by atomic mass is 79.9. The van der Waals surface area contributed by atoms with Crippen molar-refractivity contribution in [2.45, 2.75) is 25.9 Å². The molecule has 1 aliphatic rings. The minimum absolute atomic E-state index is 0.133. The Kier molecular flexibility index (Phi) is 5.58. The monoisotopic (exact) mass is 485 g/mol. The smallest absolute Gasteiger partial charge is 0.318 e. The number of nitrogens with zero attached hydrogens (tertiary/aromatic N) is 2. The third-order valence-corrected chi connectivity index (χ3v) is 6.74. The highest BCUT2D eigenvalue weighted by molar-refractivity contribution is 9.10. The number of fused-ring (bicyclic) bond motifs is 3. The van der Waals surface area contributed by atoms with Crippen molar-refractivity contribution >= 4 is 27.6 Å². The van der Waals surface area contributed by atoms with E-state index in [1.165, 1.54) is 5.56 Å². The van der Waals surface area contributed by atoms with Crippen LogP contribution in [-0.4, -0.2) is 15.5 Å². The number of carbonyl (C=O) groups excluding carboxylic acids is 1. The number of rotatable bonds is 3. The SMILES string of the molecule is CCc1ccc([C@@H]2c3cccn3-c3ccccc3CN2C(=O)Nc2ccccc2Br)cc1. The number of aromatic nitrogens is 1. The van der Waals surface area contributed by atoms with Crippen molar-refractivity contribution in [2.75, 3.05) is 5.32 Å². The molecule has 0 spiro atoms. The largest absolute Gasteiger partial charge is 0.323 e. The van der Waals surface area contributed by atoms with Gasteiger partial charge in [0, 0.05) is 16.4 Å². The summed E-state index contributed by atoms with van der Waals surface area (Å²) >= 11 is 3.55. The molecule has 4 nitrogen and oxygen atoms in total. The lowest BCUT2D eigenvalue weighted by atomic mass is 10.00. The van der Waals surface area contributed by atoms with Gasteiger partial charge in [-0.2, -0.15) is 0 Å². The van der Waals surface area contributed by atoms with E-state index in [0.717, 1.165) is 39.1 Å². The maximum absolute atomic E-state index is 13.7. The number of carbonyl (C=O) groups is 1. The topological polar surface area (TPSA) is 37.3 Å². The molecular formula is C27H24BrN3O. The number of anilines is 1. The number of hydrogen-bond acceptors (Lipinski definition) is 1. The van der Waals surface area contributed by atoms with Gasteiger partial charge in [0.15, 0.2) is 0 Å². The van der Waals surface area contributed by atoms with Crippen LogP contribution in [0.3, 0.4) is 0 Å². The van der Waals surface area contributed by atoms with Crippen molar-refractivity contribution in [3.8, 4) is 5.69 Å². The van der Waals surface area contributed by atoms with Gasteiger partial charge in [0.1, 0.15) is 0 Å². The number of amides is 2. The Balaban J connectivity index is 1.63. The van der Waals surface area contributed by atoms with Crippen molar-refractivity contribution in [2.24, 2.45) is 0 Å². The number of aryl methyl sites for hydroxylation is 1. The molecule has 0 fully saturated rings. The van der Waals surface area contributed by atoms with Crippen LogP contribution in [0.1, 0.15) is 35.3 Å². The van der Waals surface area contributed by atoms with Gasteiger partial charge < -0.3 is 14.8 Å². The van der Waals surface area contributed by atoms with Crippen LogP contribution in [0.2, 0.25) is 0 Å². The van der Waals surface area contributed by atoms with Gasteiger partial charge >= 0.3 is 6.03 Å². The van der Waals surface area contributed by atoms with Gasteiger partial charge in [0.25, 0.3) is 0 Å². The second kappa shape index (κ2) is 8.67. The van der Waals surface area contributed by atoms with Gasteiger partial charge in [0.05, 0.1) is 24.0 Å². The van der Waals surface area contributed by atoms with E-state index >= 15 is 0 Å². The summed E-state index contributed by atoms with van der Waals surface area (Å²) in [5.41, 5.74) is 6.42. The minimum Gasteiger partial charge on any atom is -0.318 e. The van der Waals surface area contributed by atoms with Crippen LogP contribution in [-0.2, 0) is 13.0 Å². The van der Waals surface area contributed by atoms with Crippen LogP contribution < -0.4 is 5.32 Å². The summed E-state index contributed by atoms with van der Waals surface area (Å²) in [6.07, 6.45) is 3.07. The van der Waals surface area contributed by atoms with Gasteiger partial charge in [-0.1, -0.05) is 61.5 Å². The molecule has 5 rings (SSSR count). The predicted molar refractivity (Wildman–Crippen MR) is 132 cm³/mol. The zero-order valence-corrected chi connectivity index (χ0v) is 19.4. The van der Waals surface area contributed by atoms with Gasteiger partial charge in [-0.25, -0.2) is 4.79 Å². The number of para-hydroxylation sites is 2. The van der Waals surface area contributed by atoms with Crippen molar-refractivity contribution in [3.63, 3.8) is 0 Å². The van der Waals surface area contributed by atoms with E-state index in [1.807, 2.05) is 41.3 Å². The van der Waals surface area contributed by atoms with Crippen molar-refractivity contribution in [1.82, 2.24) is 9.47 Å². The quantitative estimate of drug-likeness (QED) is 0.335. The highest BCUT2D eigenvalue weighted by Gasteiger charge is 2.33. The summed E-state index contributed by atoms with van der Waals surface area (Å²) in [5.74, 6) is 0. The molecule has 3 aromatic carbocycles. The zero-order chi connectivity index (χ0) is 22.1. The molecular weight excluding hydrogens is 462 g/mol. The van der Waals surface area contributed by atoms with Crippen LogP contribution in [0.15, 0.2) is 95.6 Å². The summed E-state index contributed by atoms with van der Waals surface area (Å²) < 4.78 is 3.07. The fourth-order valence-corrected chi connectivity index (χ4v) is 4.76. The van der Waals surface area contributed by atoms with Crippen LogP contribution in [0, 0.1) is 0 Å². The number of urea groups is 1. The lowest BCUT2D eigenvalue weighted by Crippen LogP contribution is -2.38. The predicted octanol–water partition coefficient (Wildman–Crippen LogP) is 6.94. The molecule has 2 heterocycles.